The first-order valence-corrected chi connectivity index (χ1v) is 10.1. The van der Waals surface area contributed by atoms with Crippen molar-refractivity contribution in [3.8, 4) is 0 Å². The van der Waals surface area contributed by atoms with Crippen LogP contribution in [-0.4, -0.2) is 34.9 Å². The van der Waals surface area contributed by atoms with Gasteiger partial charge in [-0.3, -0.25) is 24.6 Å². The van der Waals surface area contributed by atoms with Crippen LogP contribution in [0.25, 0.3) is 0 Å². The molecule has 1 N–H and O–H groups in total. The molecule has 1 fully saturated rings. The van der Waals surface area contributed by atoms with Gasteiger partial charge in [0.25, 0.3) is 17.5 Å². The molecule has 31 heavy (non-hydrogen) atoms. The topological polar surface area (TPSA) is 119 Å². The van der Waals surface area contributed by atoms with Crippen molar-refractivity contribution in [1.82, 2.24) is 0 Å². The second-order valence-electron chi connectivity index (χ2n) is 7.44. The molecule has 2 aliphatic rings. The highest BCUT2D eigenvalue weighted by Gasteiger charge is 2.52. The van der Waals surface area contributed by atoms with Crippen LogP contribution in [0.1, 0.15) is 36.0 Å². The number of hydrogen-bond donors (Lipinski definition) is 1. The maximum absolute atomic E-state index is 13.2. The monoisotopic (exact) mass is 443 g/mol. The van der Waals surface area contributed by atoms with Gasteiger partial charge in [-0.25, -0.2) is 4.79 Å². The third kappa shape index (κ3) is 3.61. The predicted molar refractivity (Wildman–Crippen MR) is 112 cm³/mol. The number of nitro benzene ring substituents is 1. The lowest BCUT2D eigenvalue weighted by Crippen LogP contribution is -2.61. The number of esters is 1. The summed E-state index contributed by atoms with van der Waals surface area (Å²) in [6.07, 6.45) is 2.62. The second-order valence-corrected chi connectivity index (χ2v) is 7.85. The van der Waals surface area contributed by atoms with Crippen LogP contribution < -0.4 is 10.2 Å². The molecule has 2 aromatic carbocycles. The van der Waals surface area contributed by atoms with Gasteiger partial charge in [-0.15, -0.1) is 0 Å². The lowest BCUT2D eigenvalue weighted by Gasteiger charge is -2.44. The molecule has 0 saturated heterocycles. The summed E-state index contributed by atoms with van der Waals surface area (Å²) in [5.41, 5.74) is -0.493. The standard InChI is InChI=1S/C21H18ClN3O6/c22-14-8-7-13(11-17(14)25(29)30)19(27)31-12-18(26)24-16-6-2-1-5-15(16)23-20(28)21(24)9-3-4-10-21/h1-2,5-8,11H,3-4,9-10,12H2,(H,23,28). The van der Waals surface area contributed by atoms with Gasteiger partial charge in [0.15, 0.2) is 6.61 Å². The van der Waals surface area contributed by atoms with E-state index in [0.717, 1.165) is 18.9 Å². The van der Waals surface area contributed by atoms with Crippen LogP contribution in [0.5, 0.6) is 0 Å². The lowest BCUT2D eigenvalue weighted by atomic mass is 9.90. The molecule has 9 nitrogen and oxygen atoms in total. The zero-order chi connectivity index (χ0) is 22.2. The molecule has 1 saturated carbocycles. The van der Waals surface area contributed by atoms with Gasteiger partial charge < -0.3 is 10.1 Å². The van der Waals surface area contributed by atoms with Crippen LogP contribution in [0.3, 0.4) is 0 Å². The van der Waals surface area contributed by atoms with Gasteiger partial charge in [-0.05, 0) is 37.1 Å². The summed E-state index contributed by atoms with van der Waals surface area (Å²) in [4.78, 5) is 50.2. The fourth-order valence-corrected chi connectivity index (χ4v) is 4.37. The molecular formula is C21H18ClN3O6. The maximum atomic E-state index is 13.2. The number of carbonyl (C=O) groups excluding carboxylic acids is 3. The molecule has 160 valence electrons. The van der Waals surface area contributed by atoms with Crippen LogP contribution in [-0.2, 0) is 14.3 Å². The highest BCUT2D eigenvalue weighted by atomic mass is 35.5. The Kier molecular flexibility index (Phi) is 5.36. The number of carbonyl (C=O) groups is 3. The predicted octanol–water partition coefficient (Wildman–Crippen LogP) is 3.70. The number of benzene rings is 2. The summed E-state index contributed by atoms with van der Waals surface area (Å²) in [5, 5.41) is 13.8. The minimum Gasteiger partial charge on any atom is -0.452 e. The number of anilines is 2. The number of nitro groups is 1. The number of amides is 2. The quantitative estimate of drug-likeness (QED) is 0.437. The third-order valence-corrected chi connectivity index (χ3v) is 5.95. The van der Waals surface area contributed by atoms with Gasteiger partial charge in [0, 0.05) is 6.07 Å². The molecule has 0 unspecified atom stereocenters. The van der Waals surface area contributed by atoms with Crippen molar-refractivity contribution in [2.75, 3.05) is 16.8 Å². The summed E-state index contributed by atoms with van der Waals surface area (Å²) in [5.74, 6) is -1.69. The SMILES string of the molecule is O=C(OCC(=O)N1c2ccccc2NC(=O)C12CCCC2)c1ccc(Cl)c([N+](=O)[O-])c1. The number of nitrogens with one attached hydrogen (secondary N) is 1. The van der Waals surface area contributed by atoms with Crippen LogP contribution >= 0.6 is 11.6 Å². The molecule has 1 spiro atoms. The minimum atomic E-state index is -1.02. The van der Waals surface area contributed by atoms with E-state index in [-0.39, 0.29) is 16.5 Å². The van der Waals surface area contributed by atoms with Crippen molar-refractivity contribution in [3.05, 3.63) is 63.2 Å². The van der Waals surface area contributed by atoms with Gasteiger partial charge in [0.05, 0.1) is 21.9 Å². The van der Waals surface area contributed by atoms with Crippen LogP contribution in [0.2, 0.25) is 5.02 Å². The van der Waals surface area contributed by atoms with E-state index in [9.17, 15) is 24.5 Å². The third-order valence-electron chi connectivity index (χ3n) is 5.63. The van der Waals surface area contributed by atoms with Crippen molar-refractivity contribution < 1.29 is 24.0 Å². The van der Waals surface area contributed by atoms with Gasteiger partial charge in [-0.1, -0.05) is 36.6 Å². The Morgan fingerprint density at radius 2 is 1.90 bits per heavy atom. The summed E-state index contributed by atoms with van der Waals surface area (Å²) in [6, 6.07) is 10.4. The van der Waals surface area contributed by atoms with Crippen molar-refractivity contribution in [2.45, 2.75) is 31.2 Å². The molecule has 0 radical (unpaired) electrons. The van der Waals surface area contributed by atoms with E-state index in [0.29, 0.717) is 24.2 Å². The van der Waals surface area contributed by atoms with Crippen LogP contribution in [0.15, 0.2) is 42.5 Å². The molecular weight excluding hydrogens is 426 g/mol. The van der Waals surface area contributed by atoms with Crippen LogP contribution in [0, 0.1) is 10.1 Å². The number of hydrogen-bond acceptors (Lipinski definition) is 6. The van der Waals surface area contributed by atoms with Gasteiger partial charge in [0.1, 0.15) is 10.6 Å². The fourth-order valence-electron chi connectivity index (χ4n) is 4.18. The molecule has 2 aromatic rings. The number of rotatable bonds is 4. The number of fused-ring (bicyclic) bond motifs is 1. The highest BCUT2D eigenvalue weighted by molar-refractivity contribution is 6.32. The Hall–Kier alpha value is -3.46. The first kappa shape index (κ1) is 20.8. The Bertz CT molecular complexity index is 1100. The Labute approximate surface area is 182 Å². The molecule has 1 heterocycles. The summed E-state index contributed by atoms with van der Waals surface area (Å²) in [7, 11) is 0. The Morgan fingerprint density at radius 1 is 1.19 bits per heavy atom. The number of nitrogens with zero attached hydrogens (tertiary/aromatic N) is 2. The molecule has 10 heteroatoms. The van der Waals surface area contributed by atoms with E-state index in [2.05, 4.69) is 5.32 Å². The smallest absolute Gasteiger partial charge is 0.338 e. The summed E-state index contributed by atoms with van der Waals surface area (Å²) >= 11 is 5.76. The average Bonchev–Trinajstić information content (AvgIpc) is 3.23. The van der Waals surface area contributed by atoms with Crippen LogP contribution in [0.4, 0.5) is 17.1 Å². The van der Waals surface area contributed by atoms with E-state index in [4.69, 9.17) is 16.3 Å². The van der Waals surface area contributed by atoms with Gasteiger partial charge in [0.2, 0.25) is 0 Å². The number of para-hydroxylation sites is 2. The fraction of sp³-hybridized carbons (Fsp3) is 0.286. The second kappa shape index (κ2) is 7.99. The van der Waals surface area contributed by atoms with E-state index in [1.165, 1.54) is 17.0 Å². The van der Waals surface area contributed by atoms with Crippen molar-refractivity contribution in [2.24, 2.45) is 0 Å². The zero-order valence-electron chi connectivity index (χ0n) is 16.3. The number of ether oxygens (including phenoxy) is 1. The van der Waals surface area contributed by atoms with Gasteiger partial charge >= 0.3 is 5.97 Å². The minimum absolute atomic E-state index is 0.101. The molecule has 0 aromatic heterocycles. The largest absolute Gasteiger partial charge is 0.452 e. The summed E-state index contributed by atoms with van der Waals surface area (Å²) in [6.45, 7) is -0.612. The van der Waals surface area contributed by atoms with Crippen molar-refractivity contribution >= 4 is 46.4 Å². The zero-order valence-corrected chi connectivity index (χ0v) is 17.1. The lowest BCUT2D eigenvalue weighted by molar-refractivity contribution is -0.384. The molecule has 1 aliphatic carbocycles. The summed E-state index contributed by atoms with van der Waals surface area (Å²) < 4.78 is 5.14. The normalized spacial score (nSPS) is 16.5. The van der Waals surface area contributed by atoms with Crippen molar-refractivity contribution in [3.63, 3.8) is 0 Å². The Balaban J connectivity index is 1.57. The highest BCUT2D eigenvalue weighted by Crippen LogP contribution is 2.45. The molecule has 0 atom stereocenters. The van der Waals surface area contributed by atoms with E-state index in [1.54, 1.807) is 24.3 Å². The molecule has 2 amide bonds. The average molecular weight is 444 g/mol. The van der Waals surface area contributed by atoms with E-state index in [1.807, 2.05) is 0 Å². The van der Waals surface area contributed by atoms with Crippen molar-refractivity contribution in [1.29, 1.82) is 0 Å². The van der Waals surface area contributed by atoms with E-state index < -0.39 is 34.6 Å². The maximum Gasteiger partial charge on any atom is 0.338 e. The first-order chi connectivity index (χ1) is 14.8. The number of halogens is 1. The molecule has 1 aliphatic heterocycles. The van der Waals surface area contributed by atoms with E-state index >= 15 is 0 Å². The molecule has 0 bridgehead atoms. The molecule has 4 rings (SSSR count). The Morgan fingerprint density at radius 3 is 2.61 bits per heavy atom. The first-order valence-electron chi connectivity index (χ1n) is 9.68. The van der Waals surface area contributed by atoms with Gasteiger partial charge in [-0.2, -0.15) is 0 Å².